The van der Waals surface area contributed by atoms with Crippen LogP contribution in [-0.2, 0) is 4.79 Å². The summed E-state index contributed by atoms with van der Waals surface area (Å²) in [5, 5.41) is 10.4. The molecule has 0 radical (unpaired) electrons. The van der Waals surface area contributed by atoms with Crippen molar-refractivity contribution in [1.82, 2.24) is 15.1 Å². The van der Waals surface area contributed by atoms with E-state index < -0.39 is 0 Å². The number of carbonyl (C=O) groups excluding carboxylic acids is 2. The lowest BCUT2D eigenvalue weighted by atomic mass is 10.1. The molecular formula is C15H18N4O2S2. The molecule has 0 bridgehead atoms. The first-order valence-corrected chi connectivity index (χ1v) is 9.08. The van der Waals surface area contributed by atoms with Crippen molar-refractivity contribution in [3.05, 3.63) is 35.3 Å². The zero-order valence-electron chi connectivity index (χ0n) is 13.0. The maximum atomic E-state index is 12.3. The van der Waals surface area contributed by atoms with Gasteiger partial charge in [0.15, 0.2) is 4.34 Å². The lowest BCUT2D eigenvalue weighted by molar-refractivity contribution is -0.113. The predicted octanol–water partition coefficient (Wildman–Crippen LogP) is 2.75. The molecule has 0 atom stereocenters. The van der Waals surface area contributed by atoms with E-state index in [4.69, 9.17) is 0 Å². The van der Waals surface area contributed by atoms with Crippen LogP contribution in [0.3, 0.4) is 0 Å². The van der Waals surface area contributed by atoms with Gasteiger partial charge in [0, 0.05) is 24.3 Å². The number of rotatable bonds is 7. The number of aromatic nitrogens is 2. The third kappa shape index (κ3) is 5.04. The van der Waals surface area contributed by atoms with Crippen molar-refractivity contribution in [3.63, 3.8) is 0 Å². The fourth-order valence-electron chi connectivity index (χ4n) is 1.97. The van der Waals surface area contributed by atoms with Crippen LogP contribution in [0.15, 0.2) is 34.1 Å². The molecule has 0 spiro atoms. The summed E-state index contributed by atoms with van der Waals surface area (Å²) < 4.78 is 0.755. The van der Waals surface area contributed by atoms with Gasteiger partial charge >= 0.3 is 0 Å². The summed E-state index contributed by atoms with van der Waals surface area (Å²) in [5.74, 6) is 0.0793. The number of benzene rings is 1. The van der Waals surface area contributed by atoms with Gasteiger partial charge in [-0.25, -0.2) is 0 Å². The van der Waals surface area contributed by atoms with Gasteiger partial charge in [-0.2, -0.15) is 0 Å². The summed E-state index contributed by atoms with van der Waals surface area (Å²) in [5.41, 5.74) is 2.82. The normalized spacial score (nSPS) is 10.3. The molecule has 2 rings (SSSR count). The first-order chi connectivity index (χ1) is 11.1. The number of hydrogen-bond donors (Lipinski definition) is 1. The van der Waals surface area contributed by atoms with Gasteiger partial charge < -0.3 is 10.2 Å². The van der Waals surface area contributed by atoms with E-state index in [1.54, 1.807) is 34.7 Å². The molecule has 0 saturated heterocycles. The second-order valence-electron chi connectivity index (χ2n) is 4.60. The highest BCUT2D eigenvalue weighted by molar-refractivity contribution is 8.01. The minimum Gasteiger partial charge on any atom is -0.339 e. The lowest BCUT2D eigenvalue weighted by Crippen LogP contribution is -2.30. The Morgan fingerprint density at radius 1 is 1.30 bits per heavy atom. The van der Waals surface area contributed by atoms with Gasteiger partial charge in [0.2, 0.25) is 5.91 Å². The van der Waals surface area contributed by atoms with E-state index >= 15 is 0 Å². The maximum Gasteiger partial charge on any atom is 0.253 e. The van der Waals surface area contributed by atoms with Crippen LogP contribution in [0.2, 0.25) is 0 Å². The van der Waals surface area contributed by atoms with E-state index in [1.165, 1.54) is 23.1 Å². The van der Waals surface area contributed by atoms with Gasteiger partial charge in [-0.05, 0) is 32.0 Å². The number of carbonyl (C=O) groups is 2. The van der Waals surface area contributed by atoms with Crippen LogP contribution in [0.4, 0.5) is 5.69 Å². The molecule has 6 nitrogen and oxygen atoms in total. The third-order valence-corrected chi connectivity index (χ3v) is 4.97. The summed E-state index contributed by atoms with van der Waals surface area (Å²) in [6.07, 6.45) is 0. The van der Waals surface area contributed by atoms with E-state index in [-0.39, 0.29) is 17.6 Å². The van der Waals surface area contributed by atoms with Gasteiger partial charge in [0.05, 0.1) is 5.75 Å². The zero-order valence-corrected chi connectivity index (χ0v) is 14.6. The average molecular weight is 350 g/mol. The van der Waals surface area contributed by atoms with Gasteiger partial charge in [-0.1, -0.05) is 29.2 Å². The van der Waals surface area contributed by atoms with Crippen molar-refractivity contribution in [1.29, 1.82) is 0 Å². The standard InChI is InChI=1S/C15H18N4O2S2/c1-3-19(4-2)14(21)11-6-5-7-12(8-11)17-13(20)9-22-15-18-16-10-23-15/h5-8,10H,3-4,9H2,1-2H3,(H,17,20). The highest BCUT2D eigenvalue weighted by Crippen LogP contribution is 2.19. The van der Waals surface area contributed by atoms with Gasteiger partial charge in [0.25, 0.3) is 5.91 Å². The fraction of sp³-hybridized carbons (Fsp3) is 0.333. The van der Waals surface area contributed by atoms with Crippen molar-refractivity contribution >= 4 is 40.6 Å². The van der Waals surface area contributed by atoms with Gasteiger partial charge in [0.1, 0.15) is 5.51 Å². The first kappa shape index (κ1) is 17.4. The maximum absolute atomic E-state index is 12.3. The molecule has 0 saturated carbocycles. The molecule has 2 amide bonds. The zero-order chi connectivity index (χ0) is 16.7. The molecule has 1 heterocycles. The van der Waals surface area contributed by atoms with Crippen molar-refractivity contribution in [3.8, 4) is 0 Å². The third-order valence-electron chi connectivity index (χ3n) is 3.11. The highest BCUT2D eigenvalue weighted by Gasteiger charge is 2.13. The van der Waals surface area contributed by atoms with Crippen molar-refractivity contribution < 1.29 is 9.59 Å². The SMILES string of the molecule is CCN(CC)C(=O)c1cccc(NC(=O)CSc2nncs2)c1. The Morgan fingerprint density at radius 3 is 2.74 bits per heavy atom. The second kappa shape index (κ2) is 8.64. The summed E-state index contributed by atoms with van der Waals surface area (Å²) in [6.45, 7) is 5.20. The number of thioether (sulfide) groups is 1. The highest BCUT2D eigenvalue weighted by atomic mass is 32.2. The van der Waals surface area contributed by atoms with Crippen LogP contribution in [0.1, 0.15) is 24.2 Å². The Labute approximate surface area is 143 Å². The molecule has 0 unspecified atom stereocenters. The van der Waals surface area contributed by atoms with Gasteiger partial charge in [-0.3, -0.25) is 9.59 Å². The van der Waals surface area contributed by atoms with Crippen LogP contribution in [-0.4, -0.2) is 45.8 Å². The van der Waals surface area contributed by atoms with Crippen molar-refractivity contribution in [2.45, 2.75) is 18.2 Å². The van der Waals surface area contributed by atoms with Crippen LogP contribution in [0.25, 0.3) is 0 Å². The Balaban J connectivity index is 1.96. The molecule has 0 aliphatic rings. The van der Waals surface area contributed by atoms with Crippen molar-refractivity contribution in [2.24, 2.45) is 0 Å². The monoisotopic (exact) mass is 350 g/mol. The summed E-state index contributed by atoms with van der Waals surface area (Å²) >= 11 is 2.73. The quantitative estimate of drug-likeness (QED) is 0.777. The molecule has 0 aliphatic carbocycles. The molecule has 2 aromatic rings. The number of anilines is 1. The second-order valence-corrected chi connectivity index (χ2v) is 6.66. The Morgan fingerprint density at radius 2 is 2.09 bits per heavy atom. The smallest absolute Gasteiger partial charge is 0.253 e. The molecular weight excluding hydrogens is 332 g/mol. The summed E-state index contributed by atoms with van der Waals surface area (Å²) in [7, 11) is 0. The topological polar surface area (TPSA) is 75.2 Å². The molecule has 122 valence electrons. The van der Waals surface area contributed by atoms with Crippen LogP contribution >= 0.6 is 23.1 Å². The minimum atomic E-state index is -0.141. The number of hydrogen-bond acceptors (Lipinski definition) is 6. The Kier molecular flexibility index (Phi) is 6.54. The number of nitrogens with one attached hydrogen (secondary N) is 1. The van der Waals surface area contributed by atoms with E-state index in [1.807, 2.05) is 13.8 Å². The summed E-state index contributed by atoms with van der Waals surface area (Å²) in [4.78, 5) is 26.0. The molecule has 1 aromatic carbocycles. The largest absolute Gasteiger partial charge is 0.339 e. The molecule has 0 fully saturated rings. The Bertz CT molecular complexity index is 657. The van der Waals surface area contributed by atoms with Crippen LogP contribution in [0.5, 0.6) is 0 Å². The van der Waals surface area contributed by atoms with Crippen LogP contribution in [0, 0.1) is 0 Å². The van der Waals surface area contributed by atoms with Gasteiger partial charge in [-0.15, -0.1) is 10.2 Å². The predicted molar refractivity (Wildman–Crippen MR) is 93.0 cm³/mol. The molecule has 1 aromatic heterocycles. The van der Waals surface area contributed by atoms with E-state index in [0.717, 1.165) is 4.34 Å². The van der Waals surface area contributed by atoms with E-state index in [2.05, 4.69) is 15.5 Å². The minimum absolute atomic E-state index is 0.0330. The molecule has 0 aliphatic heterocycles. The van der Waals surface area contributed by atoms with E-state index in [0.29, 0.717) is 24.3 Å². The van der Waals surface area contributed by atoms with E-state index in [9.17, 15) is 9.59 Å². The number of nitrogens with zero attached hydrogens (tertiary/aromatic N) is 3. The van der Waals surface area contributed by atoms with Crippen LogP contribution < -0.4 is 5.32 Å². The molecule has 1 N–H and O–H groups in total. The first-order valence-electron chi connectivity index (χ1n) is 7.22. The lowest BCUT2D eigenvalue weighted by Gasteiger charge is -2.19. The fourth-order valence-corrected chi connectivity index (χ4v) is 3.26. The molecule has 8 heteroatoms. The van der Waals surface area contributed by atoms with Crippen molar-refractivity contribution in [2.75, 3.05) is 24.2 Å². The summed E-state index contributed by atoms with van der Waals surface area (Å²) in [6, 6.07) is 7.00. The number of amides is 2. The average Bonchev–Trinajstić information content (AvgIpc) is 3.08. The Hall–Kier alpha value is -1.93. The molecule has 23 heavy (non-hydrogen) atoms.